The Labute approximate surface area is 187 Å². The van der Waals surface area contributed by atoms with Gasteiger partial charge in [-0.05, 0) is 63.3 Å². The Morgan fingerprint density at radius 3 is 2.62 bits per heavy atom. The van der Waals surface area contributed by atoms with Crippen LogP contribution in [0.4, 0.5) is 5.69 Å². The summed E-state index contributed by atoms with van der Waals surface area (Å²) >= 11 is 0. The molecule has 1 aliphatic heterocycles. The van der Waals surface area contributed by atoms with Crippen LogP contribution in [0, 0.1) is 6.92 Å². The van der Waals surface area contributed by atoms with Gasteiger partial charge in [-0.1, -0.05) is 31.0 Å². The van der Waals surface area contributed by atoms with E-state index >= 15 is 0 Å². The van der Waals surface area contributed by atoms with Gasteiger partial charge in [-0.25, -0.2) is 9.78 Å². The Morgan fingerprint density at radius 1 is 1.16 bits per heavy atom. The number of rotatable bonds is 4. The SMILES string of the molecule is Cc1cc([C@@H](C)Nc2ccccc2C(=O)O)c2nc3n(c(=O)c2c1)CCCC31CCCC1. The molecule has 2 aliphatic rings. The zero-order valence-electron chi connectivity index (χ0n) is 18.6. The average molecular weight is 432 g/mol. The number of carboxylic acids is 1. The number of benzene rings is 2. The molecule has 6 nitrogen and oxygen atoms in total. The van der Waals surface area contributed by atoms with E-state index in [1.807, 2.05) is 30.5 Å². The molecule has 1 saturated carbocycles. The molecular weight excluding hydrogens is 402 g/mol. The van der Waals surface area contributed by atoms with Crippen LogP contribution < -0.4 is 10.9 Å². The molecule has 2 N–H and O–H groups in total. The van der Waals surface area contributed by atoms with E-state index in [9.17, 15) is 14.7 Å². The number of aromatic carboxylic acids is 1. The highest BCUT2D eigenvalue weighted by Gasteiger charge is 2.41. The fourth-order valence-electron chi connectivity index (χ4n) is 5.76. The molecule has 1 fully saturated rings. The van der Waals surface area contributed by atoms with Crippen LogP contribution in [-0.2, 0) is 12.0 Å². The standard InChI is InChI=1S/C26H29N3O3/c1-16-14-19(17(2)27-21-9-4-3-8-18(21)24(31)32)22-20(15-16)23(30)29-13-7-12-26(25(29)28-22)10-5-6-11-26/h3-4,8-9,14-15,17,27H,5-7,10-13H2,1-2H3,(H,31,32)/t17-/m1/s1. The van der Waals surface area contributed by atoms with Gasteiger partial charge >= 0.3 is 5.97 Å². The predicted molar refractivity (Wildman–Crippen MR) is 126 cm³/mol. The normalized spacial score (nSPS) is 17.9. The summed E-state index contributed by atoms with van der Waals surface area (Å²) in [5, 5.41) is 13.6. The first-order valence-electron chi connectivity index (χ1n) is 11.5. The summed E-state index contributed by atoms with van der Waals surface area (Å²) in [4.78, 5) is 30.4. The third kappa shape index (κ3) is 3.29. The molecular formula is C26H29N3O3. The number of nitrogens with one attached hydrogen (secondary N) is 1. The van der Waals surface area contributed by atoms with Crippen LogP contribution in [-0.4, -0.2) is 20.6 Å². The molecule has 32 heavy (non-hydrogen) atoms. The van der Waals surface area contributed by atoms with Gasteiger partial charge in [-0.15, -0.1) is 0 Å². The molecule has 0 unspecified atom stereocenters. The Kier molecular flexibility index (Phi) is 5.03. The molecule has 1 aliphatic carbocycles. The second-order valence-electron chi connectivity index (χ2n) is 9.45. The summed E-state index contributed by atoms with van der Waals surface area (Å²) in [6.45, 7) is 4.72. The van der Waals surface area contributed by atoms with Crippen LogP contribution in [0.5, 0.6) is 0 Å². The summed E-state index contributed by atoms with van der Waals surface area (Å²) in [5.74, 6) is -0.00926. The van der Waals surface area contributed by atoms with Crippen molar-refractivity contribution < 1.29 is 9.90 Å². The Hall–Kier alpha value is -3.15. The topological polar surface area (TPSA) is 84.2 Å². The van der Waals surface area contributed by atoms with Crippen molar-refractivity contribution in [1.82, 2.24) is 9.55 Å². The maximum atomic E-state index is 13.6. The summed E-state index contributed by atoms with van der Waals surface area (Å²) in [6.07, 6.45) is 6.73. The third-order valence-electron chi connectivity index (χ3n) is 7.30. The van der Waals surface area contributed by atoms with Gasteiger partial charge in [-0.2, -0.15) is 0 Å². The smallest absolute Gasteiger partial charge is 0.337 e. The highest BCUT2D eigenvalue weighted by Crippen LogP contribution is 2.46. The van der Waals surface area contributed by atoms with Gasteiger partial charge < -0.3 is 10.4 Å². The fraction of sp³-hybridized carbons (Fsp3) is 0.423. The number of hydrogen-bond donors (Lipinski definition) is 2. The Bertz CT molecular complexity index is 1270. The minimum absolute atomic E-state index is 0.0281. The van der Waals surface area contributed by atoms with Gasteiger partial charge in [0.1, 0.15) is 5.82 Å². The molecule has 0 bridgehead atoms. The van der Waals surface area contributed by atoms with E-state index in [2.05, 4.69) is 11.4 Å². The molecule has 3 aromatic rings. The van der Waals surface area contributed by atoms with E-state index < -0.39 is 5.97 Å². The van der Waals surface area contributed by atoms with E-state index in [0.29, 0.717) is 11.1 Å². The average Bonchev–Trinajstić information content (AvgIpc) is 3.24. The van der Waals surface area contributed by atoms with E-state index in [1.54, 1.807) is 18.2 Å². The molecule has 0 amide bonds. The van der Waals surface area contributed by atoms with Crippen molar-refractivity contribution in [2.75, 3.05) is 5.32 Å². The molecule has 0 radical (unpaired) electrons. The van der Waals surface area contributed by atoms with Crippen LogP contribution in [0.1, 0.15) is 78.8 Å². The van der Waals surface area contributed by atoms with Gasteiger partial charge in [0, 0.05) is 23.2 Å². The molecule has 166 valence electrons. The van der Waals surface area contributed by atoms with Gasteiger partial charge in [0.15, 0.2) is 0 Å². The third-order valence-corrected chi connectivity index (χ3v) is 7.30. The lowest BCUT2D eigenvalue weighted by atomic mass is 9.78. The lowest BCUT2D eigenvalue weighted by Gasteiger charge is -2.35. The first kappa shape index (κ1) is 20.7. The van der Waals surface area contributed by atoms with Crippen LogP contribution in [0.15, 0.2) is 41.2 Å². The van der Waals surface area contributed by atoms with Crippen molar-refractivity contribution in [2.45, 2.75) is 70.4 Å². The minimum Gasteiger partial charge on any atom is -0.478 e. The van der Waals surface area contributed by atoms with Crippen molar-refractivity contribution in [3.63, 3.8) is 0 Å². The maximum Gasteiger partial charge on any atom is 0.337 e. The number of aromatic nitrogens is 2. The van der Waals surface area contributed by atoms with Crippen LogP contribution in [0.2, 0.25) is 0 Å². The second kappa shape index (κ2) is 7.76. The summed E-state index contributed by atoms with van der Waals surface area (Å²) in [6, 6.07) is 10.7. The highest BCUT2D eigenvalue weighted by atomic mass is 16.4. The van der Waals surface area contributed by atoms with E-state index in [4.69, 9.17) is 4.98 Å². The number of carbonyl (C=O) groups is 1. The van der Waals surface area contributed by atoms with Crippen LogP contribution in [0.3, 0.4) is 0 Å². The number of para-hydroxylation sites is 1. The quantitative estimate of drug-likeness (QED) is 0.594. The van der Waals surface area contributed by atoms with Crippen molar-refractivity contribution in [1.29, 1.82) is 0 Å². The molecule has 5 rings (SSSR count). The monoisotopic (exact) mass is 431 g/mol. The zero-order chi connectivity index (χ0) is 22.5. The van der Waals surface area contributed by atoms with Crippen LogP contribution in [0.25, 0.3) is 10.9 Å². The van der Waals surface area contributed by atoms with Gasteiger partial charge in [-0.3, -0.25) is 9.36 Å². The molecule has 0 saturated heterocycles. The lowest BCUT2D eigenvalue weighted by molar-refractivity contribution is 0.0698. The first-order valence-corrected chi connectivity index (χ1v) is 11.5. The van der Waals surface area contributed by atoms with Gasteiger partial charge in [0.25, 0.3) is 5.56 Å². The van der Waals surface area contributed by atoms with Crippen molar-refractivity contribution in [3.8, 4) is 0 Å². The first-order chi connectivity index (χ1) is 15.4. The van der Waals surface area contributed by atoms with E-state index in [1.165, 1.54) is 12.8 Å². The fourth-order valence-corrected chi connectivity index (χ4v) is 5.76. The highest BCUT2D eigenvalue weighted by molar-refractivity contribution is 5.94. The van der Waals surface area contributed by atoms with E-state index in [0.717, 1.165) is 54.7 Å². The number of hydrogen-bond acceptors (Lipinski definition) is 4. The Balaban J connectivity index is 1.66. The van der Waals surface area contributed by atoms with Gasteiger partial charge in [0.2, 0.25) is 0 Å². The van der Waals surface area contributed by atoms with Crippen molar-refractivity contribution in [3.05, 3.63) is 69.3 Å². The van der Waals surface area contributed by atoms with Crippen molar-refractivity contribution in [2.24, 2.45) is 0 Å². The van der Waals surface area contributed by atoms with Crippen LogP contribution >= 0.6 is 0 Å². The minimum atomic E-state index is -0.969. The lowest BCUT2D eigenvalue weighted by Crippen LogP contribution is -2.39. The van der Waals surface area contributed by atoms with Gasteiger partial charge in [0.05, 0.1) is 22.5 Å². The molecule has 1 aromatic heterocycles. The Morgan fingerprint density at radius 2 is 1.88 bits per heavy atom. The summed E-state index contributed by atoms with van der Waals surface area (Å²) < 4.78 is 1.93. The molecule has 6 heteroatoms. The number of carboxylic acid groups (broad SMARTS) is 1. The summed E-state index contributed by atoms with van der Waals surface area (Å²) in [7, 11) is 0. The zero-order valence-corrected chi connectivity index (χ0v) is 18.6. The molecule has 1 spiro atoms. The van der Waals surface area contributed by atoms with Crippen molar-refractivity contribution >= 4 is 22.6 Å². The number of anilines is 1. The second-order valence-corrected chi connectivity index (χ2v) is 9.45. The maximum absolute atomic E-state index is 13.6. The number of nitrogens with zero attached hydrogens (tertiary/aromatic N) is 2. The molecule has 2 aromatic carbocycles. The molecule has 1 atom stereocenters. The predicted octanol–water partition coefficient (Wildman–Crippen LogP) is 5.18. The number of aryl methyl sites for hydroxylation is 1. The van der Waals surface area contributed by atoms with E-state index in [-0.39, 0.29) is 22.6 Å². The summed E-state index contributed by atoms with van der Waals surface area (Å²) in [5.41, 5.74) is 3.54. The number of fused-ring (bicyclic) bond motifs is 3. The molecule has 2 heterocycles. The largest absolute Gasteiger partial charge is 0.478 e.